The molecule has 2 unspecified atom stereocenters. The lowest BCUT2D eigenvalue weighted by molar-refractivity contribution is -0.139. The summed E-state index contributed by atoms with van der Waals surface area (Å²) in [5.41, 5.74) is -0.607. The lowest BCUT2D eigenvalue weighted by Gasteiger charge is -2.24. The number of likely N-dealkylation sites (tertiary alicyclic amines) is 1. The maximum absolute atomic E-state index is 12.1. The van der Waals surface area contributed by atoms with Crippen LogP contribution in [-0.4, -0.2) is 66.1 Å². The topological polar surface area (TPSA) is 98.7 Å². The second-order valence-electron chi connectivity index (χ2n) is 5.43. The van der Waals surface area contributed by atoms with E-state index in [-0.39, 0.29) is 5.91 Å². The van der Waals surface area contributed by atoms with Crippen LogP contribution in [0.3, 0.4) is 0 Å². The van der Waals surface area contributed by atoms with Gasteiger partial charge in [0.25, 0.3) is 0 Å². The molecule has 7 nitrogen and oxygen atoms in total. The Kier molecular flexibility index (Phi) is 6.32. The van der Waals surface area contributed by atoms with Gasteiger partial charge in [-0.25, -0.2) is 9.59 Å². The molecule has 1 rings (SSSR count). The average Bonchev–Trinajstić information content (AvgIpc) is 2.85. The molecular weight excluding hydrogens is 294 g/mol. The van der Waals surface area contributed by atoms with Crippen LogP contribution in [0.1, 0.15) is 19.8 Å². The number of thioether (sulfide) groups is 1. The lowest BCUT2D eigenvalue weighted by atomic mass is 9.89. The Morgan fingerprint density at radius 1 is 1.43 bits per heavy atom. The van der Waals surface area contributed by atoms with Crippen molar-refractivity contribution in [2.24, 2.45) is 5.41 Å². The highest BCUT2D eigenvalue weighted by Crippen LogP contribution is 2.30. The molecule has 3 N–H and O–H groups in total. The minimum absolute atomic E-state index is 0.102. The molecule has 0 aromatic heterocycles. The van der Waals surface area contributed by atoms with Gasteiger partial charge in [-0.2, -0.15) is 11.8 Å². The number of nitrogens with zero attached hydrogens (tertiary/aromatic N) is 1. The molecule has 21 heavy (non-hydrogen) atoms. The summed E-state index contributed by atoms with van der Waals surface area (Å²) in [5, 5.41) is 14.2. The molecule has 8 heteroatoms. The number of rotatable bonds is 6. The van der Waals surface area contributed by atoms with Crippen LogP contribution in [0.25, 0.3) is 0 Å². The SMILES string of the molecule is CNC(=O)C1(C)CCN(C(=O)NC(CCSC)C(=O)O)C1. The number of nitrogens with one attached hydrogen (secondary N) is 2. The average molecular weight is 317 g/mol. The van der Waals surface area contributed by atoms with Crippen molar-refractivity contribution in [3.8, 4) is 0 Å². The zero-order valence-electron chi connectivity index (χ0n) is 12.6. The van der Waals surface area contributed by atoms with Gasteiger partial charge < -0.3 is 20.6 Å². The fraction of sp³-hybridized carbons (Fsp3) is 0.769. The molecule has 0 saturated carbocycles. The number of urea groups is 1. The Hall–Kier alpha value is -1.44. The minimum Gasteiger partial charge on any atom is -0.480 e. The van der Waals surface area contributed by atoms with E-state index >= 15 is 0 Å². The number of hydrogen-bond acceptors (Lipinski definition) is 4. The van der Waals surface area contributed by atoms with Gasteiger partial charge in [-0.15, -0.1) is 0 Å². The predicted octanol–water partition coefficient (Wildman–Crippen LogP) is 0.360. The summed E-state index contributed by atoms with van der Waals surface area (Å²) in [7, 11) is 1.57. The molecule has 0 radical (unpaired) electrons. The van der Waals surface area contributed by atoms with Crippen molar-refractivity contribution in [2.75, 3.05) is 32.1 Å². The molecule has 1 saturated heterocycles. The number of carboxylic acid groups (broad SMARTS) is 1. The monoisotopic (exact) mass is 317 g/mol. The van der Waals surface area contributed by atoms with E-state index in [1.807, 2.05) is 13.2 Å². The normalized spacial score (nSPS) is 22.7. The van der Waals surface area contributed by atoms with Gasteiger partial charge in [0.05, 0.1) is 5.41 Å². The van der Waals surface area contributed by atoms with Gasteiger partial charge in [0.15, 0.2) is 0 Å². The fourth-order valence-corrected chi connectivity index (χ4v) is 2.83. The standard InChI is InChI=1S/C13H23N3O4S/c1-13(11(19)14-2)5-6-16(8-13)12(20)15-9(10(17)18)4-7-21-3/h9H,4-8H2,1-3H3,(H,14,19)(H,15,20)(H,17,18). The second kappa shape index (κ2) is 7.53. The Bertz CT molecular complexity index is 418. The third-order valence-corrected chi connectivity index (χ3v) is 4.39. The molecule has 1 aliphatic heterocycles. The van der Waals surface area contributed by atoms with Crippen LogP contribution < -0.4 is 10.6 Å². The summed E-state index contributed by atoms with van der Waals surface area (Å²) >= 11 is 1.53. The molecule has 0 spiro atoms. The summed E-state index contributed by atoms with van der Waals surface area (Å²) in [6.45, 7) is 2.56. The summed E-state index contributed by atoms with van der Waals surface area (Å²) in [4.78, 5) is 36.6. The van der Waals surface area contributed by atoms with Crippen molar-refractivity contribution in [3.63, 3.8) is 0 Å². The van der Waals surface area contributed by atoms with Gasteiger partial charge in [-0.3, -0.25) is 4.79 Å². The van der Waals surface area contributed by atoms with Gasteiger partial charge in [-0.1, -0.05) is 0 Å². The number of amides is 3. The van der Waals surface area contributed by atoms with Crippen LogP contribution in [0.15, 0.2) is 0 Å². The quantitative estimate of drug-likeness (QED) is 0.657. The third-order valence-electron chi connectivity index (χ3n) is 3.74. The first kappa shape index (κ1) is 17.6. The van der Waals surface area contributed by atoms with Crippen LogP contribution >= 0.6 is 11.8 Å². The van der Waals surface area contributed by atoms with E-state index in [4.69, 9.17) is 5.11 Å². The van der Waals surface area contributed by atoms with E-state index in [2.05, 4.69) is 10.6 Å². The Balaban J connectivity index is 2.60. The van der Waals surface area contributed by atoms with Crippen LogP contribution in [0.4, 0.5) is 4.79 Å². The molecular formula is C13H23N3O4S. The largest absolute Gasteiger partial charge is 0.480 e. The first-order valence-corrected chi connectivity index (χ1v) is 8.23. The van der Waals surface area contributed by atoms with Crippen molar-refractivity contribution >= 4 is 29.7 Å². The highest BCUT2D eigenvalue weighted by atomic mass is 32.2. The van der Waals surface area contributed by atoms with Crippen LogP contribution in [-0.2, 0) is 9.59 Å². The molecule has 0 aromatic carbocycles. The van der Waals surface area contributed by atoms with Crippen molar-refractivity contribution < 1.29 is 19.5 Å². The maximum atomic E-state index is 12.1. The van der Waals surface area contributed by atoms with Crippen molar-refractivity contribution in [1.29, 1.82) is 0 Å². The minimum atomic E-state index is -1.04. The van der Waals surface area contributed by atoms with Gasteiger partial charge in [0, 0.05) is 20.1 Å². The lowest BCUT2D eigenvalue weighted by Crippen LogP contribution is -2.48. The molecule has 120 valence electrons. The second-order valence-corrected chi connectivity index (χ2v) is 6.42. The van der Waals surface area contributed by atoms with E-state index in [1.165, 1.54) is 16.7 Å². The van der Waals surface area contributed by atoms with E-state index < -0.39 is 23.5 Å². The summed E-state index contributed by atoms with van der Waals surface area (Å²) in [6.07, 6.45) is 2.83. The Morgan fingerprint density at radius 2 is 2.10 bits per heavy atom. The first-order chi connectivity index (χ1) is 9.84. The number of carbonyl (C=O) groups excluding carboxylic acids is 2. The zero-order valence-corrected chi connectivity index (χ0v) is 13.5. The maximum Gasteiger partial charge on any atom is 0.326 e. The highest BCUT2D eigenvalue weighted by Gasteiger charge is 2.42. The smallest absolute Gasteiger partial charge is 0.326 e. The zero-order chi connectivity index (χ0) is 16.0. The number of carbonyl (C=O) groups is 3. The van der Waals surface area contributed by atoms with E-state index in [0.29, 0.717) is 31.7 Å². The Labute approximate surface area is 128 Å². The predicted molar refractivity (Wildman–Crippen MR) is 81.3 cm³/mol. The molecule has 2 atom stereocenters. The molecule has 3 amide bonds. The van der Waals surface area contributed by atoms with E-state index in [1.54, 1.807) is 7.05 Å². The van der Waals surface area contributed by atoms with Crippen molar-refractivity contribution in [2.45, 2.75) is 25.8 Å². The number of aliphatic carboxylic acids is 1. The van der Waals surface area contributed by atoms with Crippen LogP contribution in [0, 0.1) is 5.41 Å². The highest BCUT2D eigenvalue weighted by molar-refractivity contribution is 7.98. The van der Waals surface area contributed by atoms with Gasteiger partial charge >= 0.3 is 12.0 Å². The van der Waals surface area contributed by atoms with Crippen LogP contribution in [0.5, 0.6) is 0 Å². The molecule has 1 aliphatic rings. The van der Waals surface area contributed by atoms with Crippen molar-refractivity contribution in [1.82, 2.24) is 15.5 Å². The van der Waals surface area contributed by atoms with Crippen molar-refractivity contribution in [3.05, 3.63) is 0 Å². The molecule has 1 fully saturated rings. The van der Waals surface area contributed by atoms with Crippen LogP contribution in [0.2, 0.25) is 0 Å². The van der Waals surface area contributed by atoms with Gasteiger partial charge in [-0.05, 0) is 31.8 Å². The molecule has 0 aliphatic carbocycles. The molecule has 0 bridgehead atoms. The first-order valence-electron chi connectivity index (χ1n) is 6.83. The van der Waals surface area contributed by atoms with E-state index in [0.717, 1.165) is 0 Å². The third kappa shape index (κ3) is 4.52. The van der Waals surface area contributed by atoms with Gasteiger partial charge in [0.1, 0.15) is 6.04 Å². The summed E-state index contributed by atoms with van der Waals surface area (Å²) < 4.78 is 0. The molecule has 0 aromatic rings. The number of carboxylic acids is 1. The summed E-state index contributed by atoms with van der Waals surface area (Å²) in [6, 6.07) is -1.31. The summed E-state index contributed by atoms with van der Waals surface area (Å²) in [5.74, 6) is -0.478. The van der Waals surface area contributed by atoms with E-state index in [9.17, 15) is 14.4 Å². The Morgan fingerprint density at radius 3 is 2.62 bits per heavy atom. The fourth-order valence-electron chi connectivity index (χ4n) is 2.35. The molecule has 1 heterocycles. The number of hydrogen-bond donors (Lipinski definition) is 3. The van der Waals surface area contributed by atoms with Gasteiger partial charge in [0.2, 0.25) is 5.91 Å².